The molecule has 2 rings (SSSR count). The van der Waals surface area contributed by atoms with Crippen molar-refractivity contribution in [2.24, 2.45) is 11.3 Å². The number of hydrogen-bond acceptors (Lipinski definition) is 3. The monoisotopic (exact) mass is 290 g/mol. The molecule has 0 amide bonds. The van der Waals surface area contributed by atoms with E-state index in [9.17, 15) is 4.39 Å². The first-order valence-corrected chi connectivity index (χ1v) is 7.42. The summed E-state index contributed by atoms with van der Waals surface area (Å²) < 4.78 is 19.1. The molecule has 1 aromatic carbocycles. The van der Waals surface area contributed by atoms with Crippen molar-refractivity contribution in [2.45, 2.75) is 46.3 Å². The number of anilines is 1. The highest BCUT2D eigenvalue weighted by molar-refractivity contribution is 5.58. The number of halogens is 1. The van der Waals surface area contributed by atoms with E-state index in [-0.39, 0.29) is 23.4 Å². The summed E-state index contributed by atoms with van der Waals surface area (Å²) in [5.41, 5.74) is 1.03. The van der Waals surface area contributed by atoms with Crippen LogP contribution in [0, 0.1) is 28.5 Å². The van der Waals surface area contributed by atoms with Gasteiger partial charge in [-0.15, -0.1) is 0 Å². The quantitative estimate of drug-likeness (QED) is 0.893. The van der Waals surface area contributed by atoms with E-state index in [1.807, 2.05) is 6.07 Å². The average Bonchev–Trinajstić information content (AvgIpc) is 2.42. The van der Waals surface area contributed by atoms with Crippen LogP contribution < -0.4 is 5.32 Å². The minimum Gasteiger partial charge on any atom is -0.381 e. The number of benzene rings is 1. The first-order chi connectivity index (χ1) is 9.84. The summed E-state index contributed by atoms with van der Waals surface area (Å²) >= 11 is 0. The number of hydrogen-bond donors (Lipinski definition) is 1. The lowest BCUT2D eigenvalue weighted by Gasteiger charge is -2.52. The van der Waals surface area contributed by atoms with Gasteiger partial charge in [0, 0.05) is 18.1 Å². The number of nitrogens with zero attached hydrogens (tertiary/aromatic N) is 1. The predicted molar refractivity (Wildman–Crippen MR) is 81.5 cm³/mol. The molecule has 1 fully saturated rings. The van der Waals surface area contributed by atoms with Crippen LogP contribution in [0.1, 0.15) is 39.7 Å². The third-order valence-electron chi connectivity index (χ3n) is 4.24. The maximum atomic E-state index is 13.2. The molecule has 2 unspecified atom stereocenters. The molecular weight excluding hydrogens is 267 g/mol. The van der Waals surface area contributed by atoms with E-state index in [1.54, 1.807) is 6.07 Å². The van der Waals surface area contributed by atoms with Crippen molar-refractivity contribution < 1.29 is 9.13 Å². The van der Waals surface area contributed by atoms with Crippen LogP contribution in [0.4, 0.5) is 10.1 Å². The topological polar surface area (TPSA) is 45.0 Å². The molecule has 2 atom stereocenters. The Morgan fingerprint density at radius 3 is 2.76 bits per heavy atom. The predicted octanol–water partition coefficient (Wildman–Crippen LogP) is 3.95. The van der Waals surface area contributed by atoms with Crippen LogP contribution in [0.25, 0.3) is 0 Å². The lowest BCUT2D eigenvalue weighted by atomic mass is 9.64. The van der Waals surface area contributed by atoms with Gasteiger partial charge in [-0.05, 0) is 30.5 Å². The fourth-order valence-electron chi connectivity index (χ4n) is 2.64. The fourth-order valence-corrected chi connectivity index (χ4v) is 2.64. The second kappa shape index (κ2) is 6.03. The summed E-state index contributed by atoms with van der Waals surface area (Å²) in [4.78, 5) is 0. The van der Waals surface area contributed by atoms with Gasteiger partial charge in [-0.1, -0.05) is 27.7 Å². The Morgan fingerprint density at radius 2 is 2.19 bits per heavy atom. The molecule has 21 heavy (non-hydrogen) atoms. The van der Waals surface area contributed by atoms with Crippen molar-refractivity contribution in [3.05, 3.63) is 29.6 Å². The minimum absolute atomic E-state index is 0.00397. The molecule has 1 aromatic rings. The molecule has 0 heterocycles. The minimum atomic E-state index is -0.386. The Hall–Kier alpha value is -1.60. The first-order valence-electron chi connectivity index (χ1n) is 7.42. The summed E-state index contributed by atoms with van der Waals surface area (Å²) in [6.07, 6.45) is 1.13. The van der Waals surface area contributed by atoms with Gasteiger partial charge < -0.3 is 10.1 Å². The van der Waals surface area contributed by atoms with E-state index >= 15 is 0 Å². The molecule has 0 aromatic heterocycles. The van der Waals surface area contributed by atoms with Crippen molar-refractivity contribution in [3.8, 4) is 6.07 Å². The largest absolute Gasteiger partial charge is 0.381 e. The Kier molecular flexibility index (Phi) is 4.53. The standard InChI is InChI=1S/C17H23FN2O/c1-11(2)10-21-16-8-15(17(16,3)4)20-14-6-5-13(18)7-12(14)9-19/h5-7,11,15-16,20H,8,10H2,1-4H3. The number of nitriles is 1. The van der Waals surface area contributed by atoms with E-state index in [2.05, 4.69) is 33.0 Å². The molecule has 4 heteroatoms. The second-order valence-corrected chi connectivity index (χ2v) is 6.77. The van der Waals surface area contributed by atoms with Crippen molar-refractivity contribution >= 4 is 5.69 Å². The zero-order valence-electron chi connectivity index (χ0n) is 13.1. The molecular formula is C17H23FN2O. The van der Waals surface area contributed by atoms with Crippen LogP contribution in [0.5, 0.6) is 0 Å². The van der Waals surface area contributed by atoms with Crippen molar-refractivity contribution in [3.63, 3.8) is 0 Å². The zero-order chi connectivity index (χ0) is 15.6. The van der Waals surface area contributed by atoms with E-state index in [4.69, 9.17) is 10.00 Å². The summed E-state index contributed by atoms with van der Waals surface area (Å²) in [7, 11) is 0. The molecule has 1 aliphatic carbocycles. The van der Waals surface area contributed by atoms with Gasteiger partial charge >= 0.3 is 0 Å². The molecule has 1 saturated carbocycles. The number of rotatable bonds is 5. The van der Waals surface area contributed by atoms with E-state index in [1.165, 1.54) is 12.1 Å². The molecule has 0 spiro atoms. The average molecular weight is 290 g/mol. The Labute approximate surface area is 126 Å². The molecule has 1 N–H and O–H groups in total. The molecule has 0 bridgehead atoms. The maximum absolute atomic E-state index is 13.2. The highest BCUT2D eigenvalue weighted by Gasteiger charge is 2.49. The van der Waals surface area contributed by atoms with E-state index in [0.717, 1.165) is 13.0 Å². The van der Waals surface area contributed by atoms with Gasteiger partial charge in [-0.3, -0.25) is 0 Å². The molecule has 0 saturated heterocycles. The van der Waals surface area contributed by atoms with Crippen LogP contribution in [0.2, 0.25) is 0 Å². The summed E-state index contributed by atoms with van der Waals surface area (Å²) in [5.74, 6) is 0.137. The number of ether oxygens (including phenoxy) is 1. The zero-order valence-corrected chi connectivity index (χ0v) is 13.1. The molecule has 0 aliphatic heterocycles. The summed E-state index contributed by atoms with van der Waals surface area (Å²) in [5, 5.41) is 12.5. The van der Waals surface area contributed by atoms with Crippen LogP contribution in [-0.4, -0.2) is 18.8 Å². The van der Waals surface area contributed by atoms with Crippen molar-refractivity contribution in [2.75, 3.05) is 11.9 Å². The van der Waals surface area contributed by atoms with Gasteiger partial charge in [0.2, 0.25) is 0 Å². The van der Waals surface area contributed by atoms with E-state index in [0.29, 0.717) is 17.2 Å². The number of nitrogens with one attached hydrogen (secondary N) is 1. The highest BCUT2D eigenvalue weighted by atomic mass is 19.1. The fraction of sp³-hybridized carbons (Fsp3) is 0.588. The smallest absolute Gasteiger partial charge is 0.124 e. The lowest BCUT2D eigenvalue weighted by Crippen LogP contribution is -2.58. The SMILES string of the molecule is CC(C)COC1CC(Nc2ccc(F)cc2C#N)C1(C)C. The lowest BCUT2D eigenvalue weighted by molar-refractivity contribution is -0.108. The van der Waals surface area contributed by atoms with Gasteiger partial charge in [0.1, 0.15) is 11.9 Å². The molecule has 0 radical (unpaired) electrons. The maximum Gasteiger partial charge on any atom is 0.124 e. The normalized spacial score (nSPS) is 23.5. The van der Waals surface area contributed by atoms with Crippen LogP contribution >= 0.6 is 0 Å². The molecule has 3 nitrogen and oxygen atoms in total. The van der Waals surface area contributed by atoms with Gasteiger partial charge in [-0.2, -0.15) is 5.26 Å². The van der Waals surface area contributed by atoms with Gasteiger partial charge in [-0.25, -0.2) is 4.39 Å². The van der Waals surface area contributed by atoms with E-state index < -0.39 is 0 Å². The Morgan fingerprint density at radius 1 is 1.48 bits per heavy atom. The molecule has 114 valence electrons. The van der Waals surface area contributed by atoms with Crippen LogP contribution in [0.3, 0.4) is 0 Å². The Bertz CT molecular complexity index is 548. The van der Waals surface area contributed by atoms with Crippen LogP contribution in [0.15, 0.2) is 18.2 Å². The van der Waals surface area contributed by atoms with Gasteiger partial charge in [0.25, 0.3) is 0 Å². The first kappa shape index (κ1) is 15.8. The third-order valence-corrected chi connectivity index (χ3v) is 4.24. The second-order valence-electron chi connectivity index (χ2n) is 6.77. The highest BCUT2D eigenvalue weighted by Crippen LogP contribution is 2.44. The van der Waals surface area contributed by atoms with Crippen LogP contribution in [-0.2, 0) is 4.74 Å². The van der Waals surface area contributed by atoms with Gasteiger partial charge in [0.05, 0.1) is 17.4 Å². The molecule has 1 aliphatic rings. The Balaban J connectivity index is 2.01. The summed E-state index contributed by atoms with van der Waals surface area (Å²) in [6.45, 7) is 9.36. The van der Waals surface area contributed by atoms with Crippen molar-refractivity contribution in [1.29, 1.82) is 5.26 Å². The van der Waals surface area contributed by atoms with Crippen molar-refractivity contribution in [1.82, 2.24) is 0 Å². The van der Waals surface area contributed by atoms with Gasteiger partial charge in [0.15, 0.2) is 0 Å². The summed E-state index contributed by atoms with van der Waals surface area (Å²) in [6, 6.07) is 6.54. The third kappa shape index (κ3) is 3.36.